The standard InChI is InChI=1S/C17H24N2O2S.ClH/c1-13(18)15-8-5-9-19(10-15)17(21)12-22-11-16(20)14-6-3-2-4-7-14;/h2-4,6-7,13,15H,5,8-12,18H2,1H3;1H. The van der Waals surface area contributed by atoms with Crippen LogP contribution in [0.15, 0.2) is 30.3 Å². The van der Waals surface area contributed by atoms with Crippen molar-refractivity contribution in [2.24, 2.45) is 11.7 Å². The zero-order valence-electron chi connectivity index (χ0n) is 13.4. The van der Waals surface area contributed by atoms with Gasteiger partial charge in [-0.2, -0.15) is 0 Å². The highest BCUT2D eigenvalue weighted by molar-refractivity contribution is 8.00. The largest absolute Gasteiger partial charge is 0.342 e. The van der Waals surface area contributed by atoms with Crippen molar-refractivity contribution in [1.82, 2.24) is 4.90 Å². The Bertz CT molecular complexity index is 511. The first-order chi connectivity index (χ1) is 10.6. The van der Waals surface area contributed by atoms with Gasteiger partial charge in [-0.1, -0.05) is 30.3 Å². The third kappa shape index (κ3) is 6.16. The molecule has 2 atom stereocenters. The minimum absolute atomic E-state index is 0. The molecule has 1 aromatic carbocycles. The number of Topliss-reactive ketones (excluding diaryl/α,β-unsaturated/α-hetero) is 1. The number of likely N-dealkylation sites (tertiary alicyclic amines) is 1. The van der Waals surface area contributed by atoms with Crippen molar-refractivity contribution < 1.29 is 9.59 Å². The lowest BCUT2D eigenvalue weighted by Gasteiger charge is -2.34. The van der Waals surface area contributed by atoms with Crippen LogP contribution in [-0.4, -0.2) is 47.2 Å². The quantitative estimate of drug-likeness (QED) is 0.796. The van der Waals surface area contributed by atoms with Crippen LogP contribution in [0.3, 0.4) is 0 Å². The number of benzene rings is 1. The Balaban J connectivity index is 0.00000264. The van der Waals surface area contributed by atoms with Crippen molar-refractivity contribution in [3.8, 4) is 0 Å². The maximum Gasteiger partial charge on any atom is 0.232 e. The molecule has 2 N–H and O–H groups in total. The zero-order chi connectivity index (χ0) is 15.9. The van der Waals surface area contributed by atoms with Crippen molar-refractivity contribution in [3.05, 3.63) is 35.9 Å². The minimum Gasteiger partial charge on any atom is -0.342 e. The molecule has 0 aliphatic carbocycles. The van der Waals surface area contributed by atoms with Crippen LogP contribution in [0.1, 0.15) is 30.1 Å². The molecule has 1 aromatic rings. The highest BCUT2D eigenvalue weighted by Gasteiger charge is 2.25. The topological polar surface area (TPSA) is 63.4 Å². The molecule has 23 heavy (non-hydrogen) atoms. The van der Waals surface area contributed by atoms with Gasteiger partial charge in [0, 0.05) is 24.7 Å². The van der Waals surface area contributed by atoms with Crippen LogP contribution >= 0.6 is 24.2 Å². The second-order valence-corrected chi connectivity index (χ2v) is 6.87. The summed E-state index contributed by atoms with van der Waals surface area (Å²) < 4.78 is 0. The van der Waals surface area contributed by atoms with Gasteiger partial charge >= 0.3 is 0 Å². The number of carbonyl (C=O) groups is 2. The number of hydrogen-bond donors (Lipinski definition) is 1. The lowest BCUT2D eigenvalue weighted by molar-refractivity contribution is -0.130. The van der Waals surface area contributed by atoms with E-state index in [0.29, 0.717) is 23.0 Å². The van der Waals surface area contributed by atoms with Gasteiger partial charge in [-0.15, -0.1) is 24.2 Å². The third-order valence-corrected chi connectivity index (χ3v) is 5.03. The third-order valence-electron chi connectivity index (χ3n) is 4.11. The first kappa shape index (κ1) is 20.0. The van der Waals surface area contributed by atoms with Crippen LogP contribution in [0, 0.1) is 5.92 Å². The number of halogens is 1. The number of carbonyl (C=O) groups excluding carboxylic acids is 2. The molecule has 4 nitrogen and oxygen atoms in total. The molecule has 1 saturated heterocycles. The van der Waals surface area contributed by atoms with Crippen LogP contribution in [0.25, 0.3) is 0 Å². The fourth-order valence-corrected chi connectivity index (χ4v) is 3.51. The molecule has 0 bridgehead atoms. The van der Waals surface area contributed by atoms with E-state index in [9.17, 15) is 9.59 Å². The van der Waals surface area contributed by atoms with E-state index in [0.717, 1.165) is 25.9 Å². The van der Waals surface area contributed by atoms with Gasteiger partial charge in [-0.3, -0.25) is 9.59 Å². The Morgan fingerprint density at radius 3 is 2.65 bits per heavy atom. The molecule has 0 radical (unpaired) electrons. The molecular weight excluding hydrogens is 332 g/mol. The first-order valence-electron chi connectivity index (χ1n) is 7.77. The highest BCUT2D eigenvalue weighted by Crippen LogP contribution is 2.19. The molecule has 0 aromatic heterocycles. The molecule has 0 saturated carbocycles. The van der Waals surface area contributed by atoms with Crippen LogP contribution in [0.2, 0.25) is 0 Å². The van der Waals surface area contributed by atoms with Crippen LogP contribution in [-0.2, 0) is 4.79 Å². The number of thioether (sulfide) groups is 1. The normalized spacial score (nSPS) is 18.9. The summed E-state index contributed by atoms with van der Waals surface area (Å²) in [5.74, 6) is 1.31. The van der Waals surface area contributed by atoms with Crippen molar-refractivity contribution in [3.63, 3.8) is 0 Å². The van der Waals surface area contributed by atoms with Crippen molar-refractivity contribution >= 4 is 35.9 Å². The maximum absolute atomic E-state index is 12.2. The molecular formula is C17H25ClN2O2S. The number of amides is 1. The summed E-state index contributed by atoms with van der Waals surface area (Å²) in [5.41, 5.74) is 6.65. The smallest absolute Gasteiger partial charge is 0.232 e. The maximum atomic E-state index is 12.2. The summed E-state index contributed by atoms with van der Waals surface area (Å²) >= 11 is 1.40. The van der Waals surface area contributed by atoms with Gasteiger partial charge in [-0.25, -0.2) is 0 Å². The summed E-state index contributed by atoms with van der Waals surface area (Å²) in [6.07, 6.45) is 2.12. The van der Waals surface area contributed by atoms with Gasteiger partial charge in [0.25, 0.3) is 0 Å². The lowest BCUT2D eigenvalue weighted by atomic mass is 9.92. The van der Waals surface area contributed by atoms with Crippen LogP contribution < -0.4 is 5.73 Å². The average Bonchev–Trinajstić information content (AvgIpc) is 2.55. The lowest BCUT2D eigenvalue weighted by Crippen LogP contribution is -2.45. The summed E-state index contributed by atoms with van der Waals surface area (Å²) in [5, 5.41) is 0. The number of nitrogens with zero attached hydrogens (tertiary/aromatic N) is 1. The van der Waals surface area contributed by atoms with E-state index in [2.05, 4.69) is 0 Å². The summed E-state index contributed by atoms with van der Waals surface area (Å²) in [6.45, 7) is 3.57. The predicted octanol–water partition coefficient (Wildman–Crippen LogP) is 2.61. The molecule has 2 rings (SSSR count). The molecule has 1 fully saturated rings. The Labute approximate surface area is 148 Å². The van der Waals surface area contributed by atoms with Gasteiger partial charge in [0.2, 0.25) is 5.91 Å². The highest BCUT2D eigenvalue weighted by atomic mass is 35.5. The number of ketones is 1. The minimum atomic E-state index is 0. The summed E-state index contributed by atoms with van der Waals surface area (Å²) in [4.78, 5) is 26.1. The number of rotatable bonds is 6. The van der Waals surface area contributed by atoms with Gasteiger partial charge in [0.15, 0.2) is 5.78 Å². The number of hydrogen-bond acceptors (Lipinski definition) is 4. The van der Waals surface area contributed by atoms with Crippen molar-refractivity contribution in [2.45, 2.75) is 25.8 Å². The molecule has 6 heteroatoms. The van der Waals surface area contributed by atoms with E-state index in [1.807, 2.05) is 42.2 Å². The molecule has 1 heterocycles. The summed E-state index contributed by atoms with van der Waals surface area (Å²) in [7, 11) is 0. The Morgan fingerprint density at radius 1 is 1.30 bits per heavy atom. The van der Waals surface area contributed by atoms with Gasteiger partial charge < -0.3 is 10.6 Å². The zero-order valence-corrected chi connectivity index (χ0v) is 15.1. The number of piperidine rings is 1. The van der Waals surface area contributed by atoms with E-state index < -0.39 is 0 Å². The van der Waals surface area contributed by atoms with E-state index >= 15 is 0 Å². The molecule has 1 amide bonds. The fourth-order valence-electron chi connectivity index (χ4n) is 2.70. The predicted molar refractivity (Wildman–Crippen MR) is 98.3 cm³/mol. The second kappa shape index (κ2) is 9.96. The first-order valence-corrected chi connectivity index (χ1v) is 8.92. The number of nitrogens with two attached hydrogens (primary N) is 1. The second-order valence-electron chi connectivity index (χ2n) is 5.88. The summed E-state index contributed by atoms with van der Waals surface area (Å²) in [6, 6.07) is 9.34. The van der Waals surface area contributed by atoms with Gasteiger partial charge in [0.05, 0.1) is 11.5 Å². The van der Waals surface area contributed by atoms with Crippen LogP contribution in [0.5, 0.6) is 0 Å². The molecule has 128 valence electrons. The van der Waals surface area contributed by atoms with E-state index in [4.69, 9.17) is 5.73 Å². The Kier molecular flexibility index (Phi) is 8.66. The Morgan fingerprint density at radius 2 is 2.00 bits per heavy atom. The van der Waals surface area contributed by atoms with Crippen molar-refractivity contribution in [1.29, 1.82) is 0 Å². The molecule has 0 spiro atoms. The van der Waals surface area contributed by atoms with E-state index in [1.165, 1.54) is 11.8 Å². The van der Waals surface area contributed by atoms with Crippen molar-refractivity contribution in [2.75, 3.05) is 24.6 Å². The molecule has 1 aliphatic heterocycles. The molecule has 2 unspecified atom stereocenters. The van der Waals surface area contributed by atoms with Gasteiger partial charge in [-0.05, 0) is 25.7 Å². The van der Waals surface area contributed by atoms with Gasteiger partial charge in [0.1, 0.15) is 0 Å². The SMILES string of the molecule is CC(N)C1CCCN(C(=O)CSCC(=O)c2ccccc2)C1.Cl. The Hall–Kier alpha value is -1.04. The van der Waals surface area contributed by atoms with Crippen LogP contribution in [0.4, 0.5) is 0 Å². The fraction of sp³-hybridized carbons (Fsp3) is 0.529. The van der Waals surface area contributed by atoms with E-state index in [1.54, 1.807) is 0 Å². The monoisotopic (exact) mass is 356 g/mol. The average molecular weight is 357 g/mol. The van der Waals surface area contributed by atoms with E-state index in [-0.39, 0.29) is 30.1 Å². The molecule has 1 aliphatic rings.